The molecule has 21 nitrogen and oxygen atoms in total. The number of aliphatic hydroxyl groups is 3. The molecule has 6 saturated heterocycles. The van der Waals surface area contributed by atoms with Crippen LogP contribution in [0.4, 0.5) is 0 Å². The molecule has 7 aliphatic carbocycles. The largest absolute Gasteiger partial charge is 0.394 e. The lowest BCUT2D eigenvalue weighted by Gasteiger charge is -2.59. The normalized spacial score (nSPS) is 42.5. The molecule has 37 unspecified atom stereocenters. The monoisotopic (exact) mass is 1720 g/mol. The topological polar surface area (TPSA) is 244 Å². The van der Waals surface area contributed by atoms with Crippen LogP contribution in [0.2, 0.25) is 0 Å². The first-order valence-corrected chi connectivity index (χ1v) is 47.2. The average molecular weight is 1730 g/mol. The molecular weight excluding hydrogens is 1600 g/mol. The van der Waals surface area contributed by atoms with Gasteiger partial charge in [0.2, 0.25) is 0 Å². The summed E-state index contributed by atoms with van der Waals surface area (Å²) >= 11 is 0. The third-order valence-corrected chi connectivity index (χ3v) is 31.9. The maximum atomic E-state index is 12.1. The van der Waals surface area contributed by atoms with Crippen molar-refractivity contribution < 1.29 is 95.8 Å². The fraction of sp³-hybridized carbons (Fsp3) is 0.581. The lowest BCUT2D eigenvalue weighted by molar-refractivity contribution is -0.380. The predicted molar refractivity (Wildman–Crippen MR) is 467 cm³/mol. The maximum absolute atomic E-state index is 12.1. The van der Waals surface area contributed by atoms with Gasteiger partial charge in [0.05, 0.1) is 133 Å². The molecule has 13 aliphatic rings. The highest BCUT2D eigenvalue weighted by atomic mass is 16.8. The zero-order valence-corrected chi connectivity index (χ0v) is 73.6. The van der Waals surface area contributed by atoms with Gasteiger partial charge in [-0.05, 0) is 88.3 Å². The molecule has 13 fully saturated rings. The van der Waals surface area contributed by atoms with Crippen LogP contribution in [-0.4, -0.2) is 175 Å². The van der Waals surface area contributed by atoms with Gasteiger partial charge in [0.1, 0.15) is 42.7 Å². The minimum atomic E-state index is -1.10. The molecule has 0 spiro atoms. The fourth-order valence-corrected chi connectivity index (χ4v) is 25.8. The molecule has 7 saturated carbocycles. The fourth-order valence-electron chi connectivity index (χ4n) is 25.8. The van der Waals surface area contributed by atoms with Crippen molar-refractivity contribution >= 4 is 0 Å². The van der Waals surface area contributed by atoms with Crippen molar-refractivity contribution in [3.05, 3.63) is 264 Å². The van der Waals surface area contributed by atoms with Crippen LogP contribution >= 0.6 is 0 Å². The molecule has 0 aromatic heterocycles. The first kappa shape index (κ1) is 87.4. The van der Waals surface area contributed by atoms with Crippen molar-refractivity contribution in [1.29, 1.82) is 0 Å². The molecule has 21 heteroatoms. The molecule has 37 atom stereocenters. The van der Waals surface area contributed by atoms with Gasteiger partial charge < -0.3 is 102 Å². The highest BCUT2D eigenvalue weighted by molar-refractivity contribution is 5.37. The van der Waals surface area contributed by atoms with Crippen LogP contribution in [0.15, 0.2) is 225 Å². The van der Waals surface area contributed by atoms with Crippen LogP contribution in [0.3, 0.4) is 0 Å². The summed E-state index contributed by atoms with van der Waals surface area (Å²) < 4.78 is 125. The highest BCUT2D eigenvalue weighted by Crippen LogP contribution is 2.82. The molecule has 0 radical (unpaired) electrons. The lowest BCUT2D eigenvalue weighted by atomic mass is 9.52. The van der Waals surface area contributed by atoms with E-state index in [0.717, 1.165) is 77.5 Å². The summed E-state index contributed by atoms with van der Waals surface area (Å²) in [7, 11) is 0. The summed E-state index contributed by atoms with van der Waals surface area (Å²) in [5, 5.41) is 35.4. The predicted octanol–water partition coefficient (Wildman–Crippen LogP) is 14.8. The van der Waals surface area contributed by atoms with Crippen LogP contribution in [0.25, 0.3) is 0 Å². The lowest BCUT2D eigenvalue weighted by Crippen LogP contribution is -2.69. The van der Waals surface area contributed by atoms with E-state index >= 15 is 0 Å². The van der Waals surface area contributed by atoms with Crippen LogP contribution in [-0.2, 0) is 127 Å². The molecule has 0 amide bonds. The van der Waals surface area contributed by atoms with Crippen molar-refractivity contribution in [2.24, 2.45) is 93.5 Å². The number of fused-ring (bicyclic) bond motifs is 9. The van der Waals surface area contributed by atoms with Crippen molar-refractivity contribution in [2.75, 3.05) is 26.4 Å². The summed E-state index contributed by atoms with van der Waals surface area (Å²) in [6.07, 6.45) is -3.15. The van der Waals surface area contributed by atoms with Crippen LogP contribution in [0.1, 0.15) is 125 Å². The quantitative estimate of drug-likeness (QED) is 0.0205. The van der Waals surface area contributed by atoms with Gasteiger partial charge in [-0.1, -0.05) is 279 Å². The molecule has 126 heavy (non-hydrogen) atoms. The second-order valence-corrected chi connectivity index (χ2v) is 38.8. The number of nitrogens with two attached hydrogens (primary N) is 1. The van der Waals surface area contributed by atoms with E-state index in [1.165, 1.54) is 0 Å². The Morgan fingerprint density at radius 3 is 1.27 bits per heavy atom. The van der Waals surface area contributed by atoms with E-state index in [-0.39, 0.29) is 128 Å². The van der Waals surface area contributed by atoms with Gasteiger partial charge in [0, 0.05) is 64.8 Å². The van der Waals surface area contributed by atoms with Gasteiger partial charge in [-0.3, -0.25) is 0 Å². The Labute approximate surface area is 742 Å². The van der Waals surface area contributed by atoms with E-state index in [0.29, 0.717) is 52.7 Å². The van der Waals surface area contributed by atoms with E-state index < -0.39 is 120 Å². The van der Waals surface area contributed by atoms with Crippen LogP contribution in [0.5, 0.6) is 0 Å². The van der Waals surface area contributed by atoms with Gasteiger partial charge in [-0.15, -0.1) is 6.58 Å². The third-order valence-electron chi connectivity index (χ3n) is 31.9. The molecule has 6 heterocycles. The smallest absolute Gasteiger partial charge is 0.180 e. The molecule has 7 aromatic rings. The van der Waals surface area contributed by atoms with Crippen molar-refractivity contribution in [3.63, 3.8) is 0 Å². The number of rotatable bonds is 42. The Morgan fingerprint density at radius 1 is 0.397 bits per heavy atom. The summed E-state index contributed by atoms with van der Waals surface area (Å²) in [4.78, 5) is 0. The average Bonchev–Trinajstić information content (AvgIpc) is 1.45. The minimum Gasteiger partial charge on any atom is -0.394 e. The van der Waals surface area contributed by atoms with Crippen molar-refractivity contribution in [1.82, 2.24) is 0 Å². The Morgan fingerprint density at radius 2 is 0.810 bits per heavy atom. The second kappa shape index (κ2) is 36.5. The van der Waals surface area contributed by atoms with Gasteiger partial charge >= 0.3 is 0 Å². The Balaban J connectivity index is 0.607. The summed E-state index contributed by atoms with van der Waals surface area (Å²) in [6, 6.07) is 71.0. The zero-order valence-electron chi connectivity index (χ0n) is 73.6. The number of allylic oxidation sites excluding steroid dienone is 1. The summed E-state index contributed by atoms with van der Waals surface area (Å²) in [6.45, 7) is 19.5. The van der Waals surface area contributed by atoms with E-state index in [1.54, 1.807) is 0 Å². The Kier molecular flexibility index (Phi) is 25.4. The summed E-state index contributed by atoms with van der Waals surface area (Å²) in [5.74, 6) is -4.70. The SMILES string of the molecule is C=CCC12C(OC3C(CO)OC4C(C3OCc3ccccc3)C4C3C(C)C4(OCc5ccccc5)OC5C(OC6C(CO)OC7C(C6OCc6ccccc6)C7C6C(CCC)C7(OCc8ccccc8)OC(OC8C(CO)OC(OCCCC)C(N)C8OCc8ccccc8)C(CCC)C67)C5(C)C34)C1OC1(OCc3ccccc3)C(C)C(OCc3ccccc3)C12. The Bertz CT molecular complexity index is 4730. The van der Waals surface area contributed by atoms with Gasteiger partial charge in [-0.2, -0.15) is 0 Å². The first-order valence-electron chi connectivity index (χ1n) is 47.2. The first-order chi connectivity index (χ1) is 61.7. The maximum Gasteiger partial charge on any atom is 0.180 e. The number of benzene rings is 7. The molecule has 0 bridgehead atoms. The van der Waals surface area contributed by atoms with Gasteiger partial charge in [-0.25, -0.2) is 0 Å². The molecule has 674 valence electrons. The number of aliphatic hydroxyl groups excluding tert-OH is 3. The zero-order chi connectivity index (χ0) is 86.2. The minimum absolute atomic E-state index is 0.0128. The second-order valence-electron chi connectivity index (χ2n) is 38.8. The molecule has 20 rings (SSSR count). The number of hydrogen-bond donors (Lipinski definition) is 4. The summed E-state index contributed by atoms with van der Waals surface area (Å²) in [5.41, 5.74) is 13.3. The molecular formula is C105H129NO20. The van der Waals surface area contributed by atoms with Gasteiger partial charge in [0.15, 0.2) is 29.9 Å². The number of ether oxygens (including phenoxy) is 17. The van der Waals surface area contributed by atoms with Crippen LogP contribution in [0, 0.1) is 87.8 Å². The van der Waals surface area contributed by atoms with E-state index in [9.17, 15) is 15.3 Å². The van der Waals surface area contributed by atoms with E-state index in [4.69, 9.17) is 86.3 Å². The van der Waals surface area contributed by atoms with Crippen molar-refractivity contribution in [3.8, 4) is 0 Å². The molecule has 7 aromatic carbocycles. The Hall–Kier alpha value is -6.56. The van der Waals surface area contributed by atoms with Gasteiger partial charge in [0.25, 0.3) is 0 Å². The standard InChI is InChI=1S/C105H129NO20/c1-8-12-51-110-100-83(106)92(114-58-67-42-26-16-27-43-67)87(75(54-109)120-100)123-99-71(34-9-2)82-77(72(35-10-3)105(82,126-99)117-61-70-48-32-19-33-49-70)79-81-89(79)119-73(52-107)85(91(81)113-57-66-40-24-15-25-41-66)121-95-96-101(95,7)93-76(62(5)103(93,124-96)115-59-68-44-28-17-29-45-68)78-80-88(78)118-74(53-108)86(90(80)112-56-65-38-22-14-23-39-65)122-97-98-102(97,50-11-4)94-84(111-55-64-36-20-13-21-37-64)63(6)104(94,125-98)116-60-69-46-30-18-31-47-69/h11,13-33,36-49,62-63,71-100,107-109H,4,8-10,12,34-35,50-61,106H2,1-3,5-7H3. The molecule has 6 aliphatic heterocycles. The third kappa shape index (κ3) is 15.2. The van der Waals surface area contributed by atoms with E-state index in [1.807, 2.05) is 146 Å². The number of unbranched alkanes of at least 4 members (excludes halogenated alkanes) is 1. The van der Waals surface area contributed by atoms with Crippen molar-refractivity contribution in [2.45, 2.75) is 266 Å². The molecule has 5 N–H and O–H groups in total. The highest BCUT2D eigenvalue weighted by Gasteiger charge is 2.92. The van der Waals surface area contributed by atoms with E-state index in [2.05, 4.69) is 121 Å². The van der Waals surface area contributed by atoms with Crippen LogP contribution < -0.4 is 5.73 Å². The number of hydrogen-bond acceptors (Lipinski definition) is 21.